The number of anilines is 1. The molecule has 34 heavy (non-hydrogen) atoms. The molecule has 7 rings (SSSR count). The predicted octanol–water partition coefficient (Wildman–Crippen LogP) is 3.28. The molecular weight excluding hydrogens is 452 g/mol. The number of carbonyl (C=O) groups is 2. The van der Waals surface area contributed by atoms with Crippen LogP contribution in [0.4, 0.5) is 5.69 Å². The normalized spacial score (nSPS) is 38.9. The van der Waals surface area contributed by atoms with E-state index in [0.29, 0.717) is 34.7 Å². The number of aliphatic carboxylic acids is 1. The summed E-state index contributed by atoms with van der Waals surface area (Å²) in [4.78, 5) is 34.6. The molecule has 2 N–H and O–H groups in total. The predicted molar refractivity (Wildman–Crippen MR) is 130 cm³/mol. The maximum absolute atomic E-state index is 13.6. The number of pyridine rings is 1. The summed E-state index contributed by atoms with van der Waals surface area (Å²) in [7, 11) is 0. The van der Waals surface area contributed by atoms with Gasteiger partial charge in [-0.1, -0.05) is 11.6 Å². The Morgan fingerprint density at radius 1 is 1.06 bits per heavy atom. The van der Waals surface area contributed by atoms with Gasteiger partial charge in [-0.05, 0) is 87.7 Å². The number of amides is 1. The minimum atomic E-state index is -0.621. The lowest BCUT2D eigenvalue weighted by molar-refractivity contribution is -0.168. The Morgan fingerprint density at radius 3 is 2.26 bits per heavy atom. The summed E-state index contributed by atoms with van der Waals surface area (Å²) in [5, 5.41) is 13.8. The van der Waals surface area contributed by atoms with Gasteiger partial charge in [-0.2, -0.15) is 0 Å². The maximum atomic E-state index is 13.6. The van der Waals surface area contributed by atoms with E-state index in [2.05, 4.69) is 33.9 Å². The largest absolute Gasteiger partial charge is 0.481 e. The first-order valence-corrected chi connectivity index (χ1v) is 13.2. The molecule has 1 amide bonds. The van der Waals surface area contributed by atoms with Crippen LogP contribution < -0.4 is 10.2 Å². The number of likely N-dealkylation sites (tertiary alicyclic amines) is 1. The third kappa shape index (κ3) is 3.53. The molecule has 6 aliphatic rings. The molecule has 0 spiro atoms. The number of nitrogens with zero attached hydrogens (tertiary/aromatic N) is 3. The van der Waals surface area contributed by atoms with Crippen molar-refractivity contribution in [2.24, 2.45) is 35.0 Å². The van der Waals surface area contributed by atoms with Crippen LogP contribution in [0.25, 0.3) is 0 Å². The Balaban J connectivity index is 1.09. The van der Waals surface area contributed by atoms with E-state index in [-0.39, 0.29) is 11.9 Å². The molecule has 6 fully saturated rings. The first-order chi connectivity index (χ1) is 16.1. The molecule has 4 atom stereocenters. The third-order valence-electron chi connectivity index (χ3n) is 9.93. The van der Waals surface area contributed by atoms with Gasteiger partial charge in [-0.3, -0.25) is 14.5 Å². The molecule has 3 heterocycles. The lowest BCUT2D eigenvalue weighted by Gasteiger charge is -2.58. The Labute approximate surface area is 206 Å². The van der Waals surface area contributed by atoms with E-state index in [1.54, 1.807) is 0 Å². The number of aromatic nitrogens is 1. The smallest absolute Gasteiger partial charge is 0.309 e. The van der Waals surface area contributed by atoms with Gasteiger partial charge >= 0.3 is 5.97 Å². The van der Waals surface area contributed by atoms with Crippen molar-refractivity contribution < 1.29 is 14.7 Å². The van der Waals surface area contributed by atoms with E-state index in [0.717, 1.165) is 64.0 Å². The third-order valence-corrected chi connectivity index (χ3v) is 10.2. The van der Waals surface area contributed by atoms with Crippen LogP contribution in [0, 0.1) is 35.0 Å². The van der Waals surface area contributed by atoms with Gasteiger partial charge in [0.2, 0.25) is 5.91 Å². The quantitative estimate of drug-likeness (QED) is 0.621. The standard InChI is InChI=1S/C26H35ClN4O3/c1-25(2,31-13-18-11-30(12-19(18)14-31)20-3-4-21(27)28-10-20)23(32)29-22-16-5-15-6-17(22)9-26(7-15,8-16)24(33)34/h3-4,10,15-19,22H,5-9,11-14H2,1-2H3,(H,29,32)(H,33,34). The fourth-order valence-corrected chi connectivity index (χ4v) is 8.32. The summed E-state index contributed by atoms with van der Waals surface area (Å²) in [5.74, 6) is 1.70. The van der Waals surface area contributed by atoms with E-state index in [4.69, 9.17) is 11.6 Å². The molecule has 4 saturated carbocycles. The zero-order chi connectivity index (χ0) is 23.8. The SMILES string of the molecule is CC(C)(C(=O)NC1C2CC3CC1CC(C(=O)O)(C3)C2)N1CC2CN(c3ccc(Cl)nc3)CC2C1. The highest BCUT2D eigenvalue weighted by molar-refractivity contribution is 6.29. The number of carbonyl (C=O) groups excluding carboxylic acids is 1. The highest BCUT2D eigenvalue weighted by Crippen LogP contribution is 2.60. The van der Waals surface area contributed by atoms with Crippen molar-refractivity contribution in [3.8, 4) is 0 Å². The molecule has 0 radical (unpaired) electrons. The van der Waals surface area contributed by atoms with Gasteiger partial charge in [0, 0.05) is 32.2 Å². The highest BCUT2D eigenvalue weighted by atomic mass is 35.5. The Kier molecular flexibility index (Phi) is 5.20. The van der Waals surface area contributed by atoms with Crippen molar-refractivity contribution in [3.05, 3.63) is 23.5 Å². The van der Waals surface area contributed by atoms with Gasteiger partial charge in [0.1, 0.15) is 5.15 Å². The molecule has 4 bridgehead atoms. The average Bonchev–Trinajstić information content (AvgIpc) is 3.36. The molecule has 7 nitrogen and oxygen atoms in total. The summed E-state index contributed by atoms with van der Waals surface area (Å²) in [6, 6.07) is 4.00. The lowest BCUT2D eigenvalue weighted by Crippen LogP contribution is -2.64. The average molecular weight is 487 g/mol. The minimum absolute atomic E-state index is 0.105. The number of rotatable bonds is 5. The Bertz CT molecular complexity index is 968. The number of nitrogens with one attached hydrogen (secondary N) is 1. The fraction of sp³-hybridized carbons (Fsp3) is 0.731. The van der Waals surface area contributed by atoms with Crippen LogP contribution >= 0.6 is 11.6 Å². The molecule has 8 heteroatoms. The Morgan fingerprint density at radius 2 is 1.71 bits per heavy atom. The van der Waals surface area contributed by atoms with Gasteiger partial charge in [-0.25, -0.2) is 4.98 Å². The summed E-state index contributed by atoms with van der Waals surface area (Å²) < 4.78 is 0. The van der Waals surface area contributed by atoms with Crippen molar-refractivity contribution in [1.82, 2.24) is 15.2 Å². The number of hydrogen-bond acceptors (Lipinski definition) is 5. The van der Waals surface area contributed by atoms with Crippen LogP contribution in [0.3, 0.4) is 0 Å². The van der Waals surface area contributed by atoms with Crippen molar-refractivity contribution in [2.45, 2.75) is 57.5 Å². The molecule has 4 unspecified atom stereocenters. The van der Waals surface area contributed by atoms with Crippen LogP contribution in [0.2, 0.25) is 5.15 Å². The van der Waals surface area contributed by atoms with Gasteiger partial charge < -0.3 is 15.3 Å². The maximum Gasteiger partial charge on any atom is 0.309 e. The molecule has 2 saturated heterocycles. The molecule has 2 aliphatic heterocycles. The first-order valence-electron chi connectivity index (χ1n) is 12.8. The van der Waals surface area contributed by atoms with Crippen LogP contribution in [0.1, 0.15) is 46.0 Å². The summed E-state index contributed by atoms with van der Waals surface area (Å²) in [6.45, 7) is 7.91. The molecular formula is C26H35ClN4O3. The molecule has 184 valence electrons. The summed E-state index contributed by atoms with van der Waals surface area (Å²) in [6.07, 6.45) is 6.27. The van der Waals surface area contributed by atoms with Gasteiger partial charge in [0.15, 0.2) is 0 Å². The van der Waals surface area contributed by atoms with E-state index < -0.39 is 16.9 Å². The number of carboxylic acid groups (broad SMARTS) is 1. The second-order valence-electron chi connectivity index (χ2n) is 12.3. The van der Waals surface area contributed by atoms with Crippen LogP contribution in [-0.4, -0.2) is 64.6 Å². The van der Waals surface area contributed by atoms with Crippen LogP contribution in [0.5, 0.6) is 0 Å². The van der Waals surface area contributed by atoms with E-state index in [1.807, 2.05) is 18.3 Å². The minimum Gasteiger partial charge on any atom is -0.481 e. The van der Waals surface area contributed by atoms with E-state index in [9.17, 15) is 14.7 Å². The fourth-order valence-electron chi connectivity index (χ4n) is 8.21. The topological polar surface area (TPSA) is 85.8 Å². The molecule has 0 aromatic carbocycles. The number of halogens is 1. The number of fused-ring (bicyclic) bond motifs is 1. The number of carboxylic acids is 1. The second-order valence-corrected chi connectivity index (χ2v) is 12.7. The van der Waals surface area contributed by atoms with Crippen LogP contribution in [-0.2, 0) is 9.59 Å². The van der Waals surface area contributed by atoms with Crippen molar-refractivity contribution in [2.75, 3.05) is 31.1 Å². The summed E-state index contributed by atoms with van der Waals surface area (Å²) in [5.41, 5.74) is 0.00438. The second kappa shape index (κ2) is 7.82. The Hall–Kier alpha value is -1.86. The van der Waals surface area contributed by atoms with Crippen molar-refractivity contribution in [3.63, 3.8) is 0 Å². The zero-order valence-electron chi connectivity index (χ0n) is 20.0. The van der Waals surface area contributed by atoms with Crippen molar-refractivity contribution in [1.29, 1.82) is 0 Å². The number of hydrogen-bond donors (Lipinski definition) is 2. The lowest BCUT2D eigenvalue weighted by atomic mass is 9.48. The van der Waals surface area contributed by atoms with Gasteiger partial charge in [0.05, 0.1) is 22.8 Å². The van der Waals surface area contributed by atoms with E-state index in [1.165, 1.54) is 0 Å². The summed E-state index contributed by atoms with van der Waals surface area (Å²) >= 11 is 5.94. The van der Waals surface area contributed by atoms with Gasteiger partial charge in [0.25, 0.3) is 0 Å². The zero-order valence-corrected chi connectivity index (χ0v) is 20.8. The monoisotopic (exact) mass is 486 g/mol. The van der Waals surface area contributed by atoms with Crippen LogP contribution in [0.15, 0.2) is 18.3 Å². The molecule has 1 aromatic heterocycles. The molecule has 4 aliphatic carbocycles. The van der Waals surface area contributed by atoms with Gasteiger partial charge in [-0.15, -0.1) is 0 Å². The first kappa shape index (κ1) is 22.6. The van der Waals surface area contributed by atoms with Crippen molar-refractivity contribution >= 4 is 29.2 Å². The highest BCUT2D eigenvalue weighted by Gasteiger charge is 2.59. The molecule has 1 aromatic rings. The van der Waals surface area contributed by atoms with E-state index >= 15 is 0 Å².